The topological polar surface area (TPSA) is 66.4 Å². The van der Waals surface area contributed by atoms with E-state index in [-0.39, 0.29) is 12.4 Å². The van der Waals surface area contributed by atoms with Crippen molar-refractivity contribution in [3.05, 3.63) is 0 Å². The Balaban J connectivity index is 3.60. The Morgan fingerprint density at radius 1 is 0.714 bits per heavy atom. The molecule has 0 radical (unpaired) electrons. The number of carbonyl (C=O) groups excluding carboxylic acids is 2. The molecule has 0 aliphatic rings. The molecule has 0 amide bonds. The number of aliphatic carboxylic acids is 1. The SMILES string of the molecule is CCCCCCCCCCCCCCCCC(C)CCCCC(=O)OC(CC(=O)[O-])C[N+](C)(C)C. The molecule has 0 saturated heterocycles. The molecule has 0 aliphatic heterocycles. The van der Waals surface area contributed by atoms with Crippen LogP contribution in [-0.2, 0) is 14.3 Å². The molecule has 0 rings (SSSR count). The van der Waals surface area contributed by atoms with Crippen LogP contribution in [0.1, 0.15) is 142 Å². The first kappa shape index (κ1) is 33.9. The zero-order valence-corrected chi connectivity index (χ0v) is 24.1. The summed E-state index contributed by atoms with van der Waals surface area (Å²) in [5.74, 6) is -0.759. The summed E-state index contributed by atoms with van der Waals surface area (Å²) >= 11 is 0. The van der Waals surface area contributed by atoms with Crippen molar-refractivity contribution in [1.82, 2.24) is 0 Å². The van der Waals surface area contributed by atoms with Crippen LogP contribution >= 0.6 is 0 Å². The number of hydrogen-bond acceptors (Lipinski definition) is 4. The Hall–Kier alpha value is -1.10. The molecule has 2 unspecified atom stereocenters. The molecular weight excluding hydrogens is 438 g/mol. The minimum Gasteiger partial charge on any atom is -0.550 e. The quantitative estimate of drug-likeness (QED) is 0.0789. The Kier molecular flexibility index (Phi) is 21.4. The Bertz CT molecular complexity index is 515. The van der Waals surface area contributed by atoms with Crippen molar-refractivity contribution < 1.29 is 23.9 Å². The second-order valence-corrected chi connectivity index (χ2v) is 11.9. The molecule has 2 atom stereocenters. The lowest BCUT2D eigenvalue weighted by molar-refractivity contribution is -0.873. The van der Waals surface area contributed by atoms with E-state index in [0.717, 1.165) is 19.3 Å². The van der Waals surface area contributed by atoms with Crippen molar-refractivity contribution in [3.63, 3.8) is 0 Å². The Morgan fingerprint density at radius 3 is 1.57 bits per heavy atom. The van der Waals surface area contributed by atoms with E-state index in [4.69, 9.17) is 4.74 Å². The Labute approximate surface area is 218 Å². The van der Waals surface area contributed by atoms with Crippen LogP contribution in [-0.4, -0.2) is 50.2 Å². The molecule has 5 nitrogen and oxygen atoms in total. The molecule has 0 bridgehead atoms. The van der Waals surface area contributed by atoms with Crippen molar-refractivity contribution in [1.29, 1.82) is 0 Å². The molecule has 0 saturated carbocycles. The van der Waals surface area contributed by atoms with E-state index in [2.05, 4.69) is 13.8 Å². The maximum atomic E-state index is 12.1. The van der Waals surface area contributed by atoms with E-state index in [1.54, 1.807) is 0 Å². The number of likely N-dealkylation sites (N-methyl/N-ethyl adjacent to an activating group) is 1. The van der Waals surface area contributed by atoms with Crippen molar-refractivity contribution in [2.45, 2.75) is 148 Å². The van der Waals surface area contributed by atoms with Crippen LogP contribution in [0.25, 0.3) is 0 Å². The van der Waals surface area contributed by atoms with Crippen molar-refractivity contribution in [3.8, 4) is 0 Å². The van der Waals surface area contributed by atoms with Crippen molar-refractivity contribution >= 4 is 11.9 Å². The Morgan fingerprint density at radius 2 is 1.14 bits per heavy atom. The van der Waals surface area contributed by atoms with Gasteiger partial charge in [0.05, 0.1) is 21.1 Å². The predicted octanol–water partition coefficient (Wildman–Crippen LogP) is 6.81. The highest BCUT2D eigenvalue weighted by atomic mass is 16.5. The maximum Gasteiger partial charge on any atom is 0.306 e. The molecule has 0 spiro atoms. The van der Waals surface area contributed by atoms with Gasteiger partial charge < -0.3 is 19.1 Å². The van der Waals surface area contributed by atoms with Crippen LogP contribution in [0.4, 0.5) is 0 Å². The zero-order chi connectivity index (χ0) is 26.4. The first-order valence-corrected chi connectivity index (χ1v) is 14.8. The third-order valence-corrected chi connectivity index (χ3v) is 6.82. The highest BCUT2D eigenvalue weighted by Crippen LogP contribution is 2.19. The highest BCUT2D eigenvalue weighted by molar-refractivity contribution is 5.70. The average Bonchev–Trinajstić information content (AvgIpc) is 2.75. The van der Waals surface area contributed by atoms with Crippen LogP contribution in [0.15, 0.2) is 0 Å². The second-order valence-electron chi connectivity index (χ2n) is 11.9. The molecule has 0 aliphatic carbocycles. The summed E-state index contributed by atoms with van der Waals surface area (Å²) in [6.07, 6.45) is 23.3. The summed E-state index contributed by atoms with van der Waals surface area (Å²) in [6.45, 7) is 5.06. The van der Waals surface area contributed by atoms with Gasteiger partial charge in [0.1, 0.15) is 6.54 Å². The summed E-state index contributed by atoms with van der Waals surface area (Å²) in [6, 6.07) is 0. The smallest absolute Gasteiger partial charge is 0.306 e. The summed E-state index contributed by atoms with van der Waals surface area (Å²) in [5.41, 5.74) is 0. The third-order valence-electron chi connectivity index (χ3n) is 6.82. The number of quaternary nitrogens is 1. The summed E-state index contributed by atoms with van der Waals surface area (Å²) in [5, 5.41) is 10.9. The van der Waals surface area contributed by atoms with Gasteiger partial charge in [-0.15, -0.1) is 0 Å². The number of hydrogen-bond donors (Lipinski definition) is 0. The van der Waals surface area contributed by atoms with Crippen LogP contribution in [0.3, 0.4) is 0 Å². The van der Waals surface area contributed by atoms with Gasteiger partial charge in [0, 0.05) is 18.8 Å². The van der Waals surface area contributed by atoms with Crippen molar-refractivity contribution in [2.24, 2.45) is 5.92 Å². The van der Waals surface area contributed by atoms with E-state index in [0.29, 0.717) is 23.4 Å². The number of carbonyl (C=O) groups is 2. The lowest BCUT2D eigenvalue weighted by atomic mass is 9.96. The monoisotopic (exact) mass is 497 g/mol. The second kappa shape index (κ2) is 22.1. The minimum absolute atomic E-state index is 0.239. The lowest BCUT2D eigenvalue weighted by Crippen LogP contribution is -2.45. The first-order chi connectivity index (χ1) is 16.6. The average molecular weight is 498 g/mol. The van der Waals surface area contributed by atoms with Gasteiger partial charge in [0.2, 0.25) is 0 Å². The van der Waals surface area contributed by atoms with Crippen molar-refractivity contribution in [2.75, 3.05) is 27.7 Å². The normalized spacial score (nSPS) is 13.5. The van der Waals surface area contributed by atoms with E-state index in [1.807, 2.05) is 21.1 Å². The number of esters is 1. The number of ether oxygens (including phenoxy) is 1. The fraction of sp³-hybridized carbons (Fsp3) is 0.933. The standard InChI is InChI=1S/C30H59NO4/c1-6-7-8-9-10-11-12-13-14-15-16-17-18-19-22-27(2)23-20-21-24-30(34)35-28(25-29(32)33)26-31(3,4)5/h27-28H,6-26H2,1-5H3. The molecule has 0 fully saturated rings. The molecule has 208 valence electrons. The zero-order valence-electron chi connectivity index (χ0n) is 24.1. The first-order valence-electron chi connectivity index (χ1n) is 14.8. The number of unbranched alkanes of at least 4 members (excludes halogenated alkanes) is 14. The maximum absolute atomic E-state index is 12.1. The number of nitrogens with zero attached hydrogens (tertiary/aromatic N) is 1. The molecule has 0 aromatic heterocycles. The fourth-order valence-corrected chi connectivity index (χ4v) is 4.78. The van der Waals surface area contributed by atoms with E-state index >= 15 is 0 Å². The van der Waals surface area contributed by atoms with Crippen LogP contribution < -0.4 is 5.11 Å². The summed E-state index contributed by atoms with van der Waals surface area (Å²) < 4.78 is 5.97. The molecule has 0 heterocycles. The van der Waals surface area contributed by atoms with E-state index in [1.165, 1.54) is 96.3 Å². The fourth-order valence-electron chi connectivity index (χ4n) is 4.78. The molecule has 0 N–H and O–H groups in total. The van der Waals surface area contributed by atoms with E-state index < -0.39 is 12.1 Å². The van der Waals surface area contributed by atoms with Gasteiger partial charge in [0.15, 0.2) is 6.10 Å². The van der Waals surface area contributed by atoms with Crippen LogP contribution in [0.2, 0.25) is 0 Å². The highest BCUT2D eigenvalue weighted by Gasteiger charge is 2.22. The minimum atomic E-state index is -1.17. The lowest BCUT2D eigenvalue weighted by Gasteiger charge is -2.29. The molecule has 0 aromatic rings. The molecule has 0 aromatic carbocycles. The van der Waals surface area contributed by atoms with Gasteiger partial charge in [-0.1, -0.05) is 123 Å². The third kappa shape index (κ3) is 25.8. The van der Waals surface area contributed by atoms with Gasteiger partial charge in [-0.25, -0.2) is 0 Å². The number of carboxylic acid groups (broad SMARTS) is 1. The number of rotatable bonds is 25. The summed E-state index contributed by atoms with van der Waals surface area (Å²) in [4.78, 5) is 23.1. The van der Waals surface area contributed by atoms with Gasteiger partial charge in [0.25, 0.3) is 0 Å². The molecular formula is C30H59NO4. The van der Waals surface area contributed by atoms with E-state index in [9.17, 15) is 14.7 Å². The largest absolute Gasteiger partial charge is 0.550 e. The number of carboxylic acids is 1. The summed E-state index contributed by atoms with van der Waals surface area (Å²) in [7, 11) is 5.86. The van der Waals surface area contributed by atoms with Crippen LogP contribution in [0.5, 0.6) is 0 Å². The van der Waals surface area contributed by atoms with Gasteiger partial charge in [-0.3, -0.25) is 4.79 Å². The molecule has 35 heavy (non-hydrogen) atoms. The van der Waals surface area contributed by atoms with Gasteiger partial charge in [-0.05, 0) is 12.3 Å². The predicted molar refractivity (Wildman–Crippen MR) is 145 cm³/mol. The van der Waals surface area contributed by atoms with Crippen LogP contribution in [0, 0.1) is 5.92 Å². The van der Waals surface area contributed by atoms with Gasteiger partial charge >= 0.3 is 5.97 Å². The molecule has 5 heteroatoms. The van der Waals surface area contributed by atoms with Gasteiger partial charge in [-0.2, -0.15) is 0 Å².